The highest BCUT2D eigenvalue weighted by molar-refractivity contribution is 9.10. The second kappa shape index (κ2) is 6.56. The average molecular weight is 409 g/mol. The van der Waals surface area contributed by atoms with Crippen LogP contribution in [0, 0.1) is 0 Å². The molecule has 1 aromatic heterocycles. The molecule has 23 heavy (non-hydrogen) atoms. The number of hydrogen-bond donors (Lipinski definition) is 5. The molecule has 1 saturated heterocycles. The van der Waals surface area contributed by atoms with Gasteiger partial charge in [-0.15, -0.1) is 0 Å². The zero-order chi connectivity index (χ0) is 16.7. The van der Waals surface area contributed by atoms with Crippen LogP contribution in [-0.2, 0) is 4.74 Å². The highest BCUT2D eigenvalue weighted by Gasteiger charge is 2.44. The summed E-state index contributed by atoms with van der Waals surface area (Å²) in [5, 5.41) is 39.8. The first-order valence-electron chi connectivity index (χ1n) is 6.86. The second-order valence-electron chi connectivity index (χ2n) is 5.25. The van der Waals surface area contributed by atoms with Gasteiger partial charge in [0.1, 0.15) is 30.2 Å². The van der Waals surface area contributed by atoms with Crippen molar-refractivity contribution in [3.05, 3.63) is 27.8 Å². The van der Waals surface area contributed by atoms with Gasteiger partial charge in [-0.05, 0) is 28.1 Å². The molecule has 5 atom stereocenters. The third kappa shape index (κ3) is 2.96. The van der Waals surface area contributed by atoms with E-state index in [1.807, 2.05) is 0 Å². The third-order valence-corrected chi connectivity index (χ3v) is 5.07. The molecule has 1 aliphatic heterocycles. The Balaban J connectivity index is 1.91. The first-order chi connectivity index (χ1) is 10.9. The van der Waals surface area contributed by atoms with Crippen LogP contribution in [0.25, 0.3) is 10.9 Å². The number of aromatic nitrogens is 1. The molecule has 0 radical (unpaired) electrons. The number of nitrogens with one attached hydrogen (secondary N) is 1. The predicted molar refractivity (Wildman–Crippen MR) is 85.4 cm³/mol. The highest BCUT2D eigenvalue weighted by atomic mass is 79.9. The molecule has 7 nitrogen and oxygen atoms in total. The monoisotopic (exact) mass is 407 g/mol. The van der Waals surface area contributed by atoms with E-state index >= 15 is 0 Å². The molecule has 5 N–H and O–H groups in total. The summed E-state index contributed by atoms with van der Waals surface area (Å²) in [5.74, 6) is 0.315. The highest BCUT2D eigenvalue weighted by Crippen LogP contribution is 2.38. The number of halogens is 2. The van der Waals surface area contributed by atoms with Crippen LogP contribution in [-0.4, -0.2) is 62.7 Å². The number of hydrogen-bond acceptors (Lipinski definition) is 6. The zero-order valence-electron chi connectivity index (χ0n) is 11.7. The van der Waals surface area contributed by atoms with Gasteiger partial charge in [-0.1, -0.05) is 11.6 Å². The van der Waals surface area contributed by atoms with Crippen molar-refractivity contribution in [2.24, 2.45) is 0 Å². The molecule has 1 aliphatic rings. The molecule has 0 spiro atoms. The van der Waals surface area contributed by atoms with Gasteiger partial charge in [0.2, 0.25) is 6.29 Å². The van der Waals surface area contributed by atoms with Gasteiger partial charge >= 0.3 is 0 Å². The first-order valence-corrected chi connectivity index (χ1v) is 8.03. The van der Waals surface area contributed by atoms with E-state index in [0.717, 1.165) is 5.52 Å². The van der Waals surface area contributed by atoms with Gasteiger partial charge in [-0.25, -0.2) is 0 Å². The fraction of sp³-hybridized carbons (Fsp3) is 0.429. The molecule has 9 heteroatoms. The molecular weight excluding hydrogens is 394 g/mol. The van der Waals surface area contributed by atoms with Crippen LogP contribution in [0.15, 0.2) is 22.8 Å². The van der Waals surface area contributed by atoms with Gasteiger partial charge in [-0.3, -0.25) is 0 Å². The van der Waals surface area contributed by atoms with Crippen LogP contribution in [0.1, 0.15) is 0 Å². The van der Waals surface area contributed by atoms with E-state index in [4.69, 9.17) is 21.1 Å². The predicted octanol–water partition coefficient (Wildman–Crippen LogP) is 0.762. The molecular formula is C14H15BrClNO6. The minimum atomic E-state index is -1.50. The quantitative estimate of drug-likeness (QED) is 0.512. The molecule has 0 bridgehead atoms. The largest absolute Gasteiger partial charge is 0.460 e. The number of H-pyrrole nitrogens is 1. The average Bonchev–Trinajstić information content (AvgIpc) is 2.95. The van der Waals surface area contributed by atoms with E-state index in [9.17, 15) is 20.4 Å². The minimum Gasteiger partial charge on any atom is -0.460 e. The zero-order valence-corrected chi connectivity index (χ0v) is 14.0. The van der Waals surface area contributed by atoms with Crippen LogP contribution in [0.3, 0.4) is 0 Å². The van der Waals surface area contributed by atoms with E-state index < -0.39 is 37.3 Å². The Morgan fingerprint density at radius 2 is 1.96 bits per heavy atom. The summed E-state index contributed by atoms with van der Waals surface area (Å²) >= 11 is 9.58. The van der Waals surface area contributed by atoms with Crippen molar-refractivity contribution < 1.29 is 29.9 Å². The Morgan fingerprint density at radius 1 is 1.22 bits per heavy atom. The van der Waals surface area contributed by atoms with Gasteiger partial charge in [0.05, 0.1) is 22.5 Å². The van der Waals surface area contributed by atoms with Crippen LogP contribution in [0.2, 0.25) is 5.02 Å². The summed E-state index contributed by atoms with van der Waals surface area (Å²) < 4.78 is 11.6. The van der Waals surface area contributed by atoms with E-state index in [1.165, 1.54) is 0 Å². The number of fused-ring (bicyclic) bond motifs is 1. The number of rotatable bonds is 3. The molecule has 2 heterocycles. The van der Waals surface area contributed by atoms with E-state index in [1.54, 1.807) is 18.3 Å². The third-order valence-electron chi connectivity index (χ3n) is 3.79. The summed E-state index contributed by atoms with van der Waals surface area (Å²) in [7, 11) is 0. The van der Waals surface area contributed by atoms with Crippen molar-refractivity contribution in [3.8, 4) is 5.75 Å². The topological polar surface area (TPSA) is 115 Å². The van der Waals surface area contributed by atoms with Crippen molar-refractivity contribution >= 4 is 38.4 Å². The molecule has 2 unspecified atom stereocenters. The smallest absolute Gasteiger partial charge is 0.229 e. The lowest BCUT2D eigenvalue weighted by Crippen LogP contribution is -2.60. The van der Waals surface area contributed by atoms with E-state index in [-0.39, 0.29) is 0 Å². The van der Waals surface area contributed by atoms with E-state index in [0.29, 0.717) is 20.6 Å². The van der Waals surface area contributed by atoms with Gasteiger partial charge in [0, 0.05) is 10.7 Å². The molecule has 3 rings (SSSR count). The Kier molecular flexibility index (Phi) is 4.84. The second-order valence-corrected chi connectivity index (χ2v) is 6.48. The molecule has 0 amide bonds. The summed E-state index contributed by atoms with van der Waals surface area (Å²) in [6.45, 7) is -0.523. The SMILES string of the molecule is OCC1O[C@@H](Oc2c[nH]c3ccc(Br)c(Cl)c23)[C@@H](O)C(O)[C@@H]1O. The van der Waals surface area contributed by atoms with Gasteiger partial charge in [0.15, 0.2) is 0 Å². The normalized spacial score (nSPS) is 31.5. The minimum absolute atomic E-state index is 0.315. The molecule has 126 valence electrons. The Labute approximate surface area is 144 Å². The molecule has 0 saturated carbocycles. The lowest BCUT2D eigenvalue weighted by molar-refractivity contribution is -0.277. The van der Waals surface area contributed by atoms with Crippen LogP contribution in [0.4, 0.5) is 0 Å². The van der Waals surface area contributed by atoms with Gasteiger partial charge in [0.25, 0.3) is 0 Å². The van der Waals surface area contributed by atoms with Crippen LogP contribution >= 0.6 is 27.5 Å². The van der Waals surface area contributed by atoms with Gasteiger partial charge < -0.3 is 34.9 Å². The van der Waals surface area contributed by atoms with Crippen LogP contribution < -0.4 is 4.74 Å². The maximum absolute atomic E-state index is 10.0. The lowest BCUT2D eigenvalue weighted by atomic mass is 9.99. The molecule has 1 aromatic carbocycles. The maximum atomic E-state index is 10.0. The van der Waals surface area contributed by atoms with Crippen LogP contribution in [0.5, 0.6) is 5.75 Å². The number of aliphatic hydroxyl groups excluding tert-OH is 4. The molecule has 2 aromatic rings. The number of aliphatic hydroxyl groups is 4. The lowest BCUT2D eigenvalue weighted by Gasteiger charge is -2.39. The van der Waals surface area contributed by atoms with Crippen molar-refractivity contribution in [1.82, 2.24) is 4.98 Å². The standard InChI is InChI=1S/C14H15BrClNO6/c15-5-1-2-6-9(10(5)16)7(3-17-6)22-14-13(21)12(20)11(19)8(4-18)23-14/h1-3,8,11-14,17-21H,4H2/t8?,11-,12?,13+,14-/m1/s1. The van der Waals surface area contributed by atoms with Crippen molar-refractivity contribution in [2.45, 2.75) is 30.7 Å². The number of aromatic amines is 1. The Bertz CT molecular complexity index is 708. The Hall–Kier alpha value is -0.870. The summed E-state index contributed by atoms with van der Waals surface area (Å²) in [5.41, 5.74) is 0.720. The summed E-state index contributed by atoms with van der Waals surface area (Å²) in [6.07, 6.45) is -5.17. The maximum Gasteiger partial charge on any atom is 0.229 e. The molecule has 0 aliphatic carbocycles. The first kappa shape index (κ1) is 17.0. The number of benzene rings is 1. The van der Waals surface area contributed by atoms with Crippen molar-refractivity contribution in [3.63, 3.8) is 0 Å². The van der Waals surface area contributed by atoms with E-state index in [2.05, 4.69) is 20.9 Å². The fourth-order valence-electron chi connectivity index (χ4n) is 2.51. The number of ether oxygens (including phenoxy) is 2. The van der Waals surface area contributed by atoms with Crippen molar-refractivity contribution in [2.75, 3.05) is 6.61 Å². The van der Waals surface area contributed by atoms with Gasteiger partial charge in [-0.2, -0.15) is 0 Å². The summed E-state index contributed by atoms with van der Waals surface area (Å²) in [4.78, 5) is 2.98. The summed E-state index contributed by atoms with van der Waals surface area (Å²) in [6, 6.07) is 3.57. The van der Waals surface area contributed by atoms with Crippen molar-refractivity contribution in [1.29, 1.82) is 0 Å². The fourth-order valence-corrected chi connectivity index (χ4v) is 3.10. The molecule has 1 fully saturated rings. The Morgan fingerprint density at radius 3 is 2.65 bits per heavy atom.